The molecule has 0 aliphatic carbocycles. The topological polar surface area (TPSA) is 15.7 Å². The van der Waals surface area contributed by atoms with Crippen molar-refractivity contribution in [2.75, 3.05) is 39.4 Å². The quantitative estimate of drug-likeness (QED) is 0.677. The number of ether oxygens (including phenoxy) is 1. The molecule has 0 N–H and O–H groups in total. The van der Waals surface area contributed by atoms with E-state index in [0.717, 1.165) is 58.9 Å². The molecule has 0 saturated carbocycles. The summed E-state index contributed by atoms with van der Waals surface area (Å²) in [7, 11) is 0. The van der Waals surface area contributed by atoms with Crippen LogP contribution in [0, 0.1) is 0 Å². The molecule has 0 bridgehead atoms. The number of nitrogens with zero attached hydrogens (tertiary/aromatic N) is 2. The molecule has 0 unspecified atom stereocenters. The summed E-state index contributed by atoms with van der Waals surface area (Å²) in [6, 6.07) is 19.8. The summed E-state index contributed by atoms with van der Waals surface area (Å²) in [6.45, 7) is 14.3. The van der Waals surface area contributed by atoms with Gasteiger partial charge in [0.2, 0.25) is 0 Å². The minimum absolute atomic E-state index is 0.872. The Balaban J connectivity index is 0.00000126. The smallest absolute Gasteiger partial charge is 0.0594 e. The maximum Gasteiger partial charge on any atom is 0.0594 e. The molecule has 27 heavy (non-hydrogen) atoms. The lowest BCUT2D eigenvalue weighted by Crippen LogP contribution is -2.41. The number of hydrogen-bond acceptors (Lipinski definition) is 3. The van der Waals surface area contributed by atoms with Crippen molar-refractivity contribution in [1.82, 2.24) is 9.80 Å². The fourth-order valence-corrected chi connectivity index (χ4v) is 3.37. The van der Waals surface area contributed by atoms with Crippen LogP contribution in [0.4, 0.5) is 0 Å². The van der Waals surface area contributed by atoms with Gasteiger partial charge < -0.3 is 4.74 Å². The van der Waals surface area contributed by atoms with E-state index in [1.165, 1.54) is 16.7 Å². The lowest BCUT2D eigenvalue weighted by atomic mass is 10.1. The molecule has 2 aromatic rings. The van der Waals surface area contributed by atoms with E-state index in [1.807, 2.05) is 13.8 Å². The van der Waals surface area contributed by atoms with Gasteiger partial charge in [0.15, 0.2) is 0 Å². The lowest BCUT2D eigenvalue weighted by molar-refractivity contribution is 0.0325. The van der Waals surface area contributed by atoms with Crippen molar-refractivity contribution < 1.29 is 4.74 Å². The SMILES string of the molecule is CC.CCc1cccc(CN(CCN2CCOCC2)Cc2ccccc2)c1. The van der Waals surface area contributed by atoms with Gasteiger partial charge >= 0.3 is 0 Å². The fourth-order valence-electron chi connectivity index (χ4n) is 3.37. The highest BCUT2D eigenvalue weighted by molar-refractivity contribution is 5.23. The van der Waals surface area contributed by atoms with Gasteiger partial charge in [-0.1, -0.05) is 75.4 Å². The lowest BCUT2D eigenvalue weighted by Gasteiger charge is -2.30. The minimum atomic E-state index is 0.872. The van der Waals surface area contributed by atoms with Crippen LogP contribution in [0.15, 0.2) is 54.6 Å². The molecule has 1 saturated heterocycles. The van der Waals surface area contributed by atoms with Crippen molar-refractivity contribution >= 4 is 0 Å². The Bertz CT molecular complexity index is 623. The van der Waals surface area contributed by atoms with E-state index in [-0.39, 0.29) is 0 Å². The zero-order chi connectivity index (χ0) is 19.3. The summed E-state index contributed by atoms with van der Waals surface area (Å²) < 4.78 is 5.47. The molecule has 0 spiro atoms. The third kappa shape index (κ3) is 7.84. The molecular weight excluding hydrogens is 332 g/mol. The molecule has 1 aliphatic rings. The van der Waals surface area contributed by atoms with E-state index < -0.39 is 0 Å². The second kappa shape index (κ2) is 12.7. The third-order valence-electron chi connectivity index (χ3n) is 4.89. The van der Waals surface area contributed by atoms with E-state index >= 15 is 0 Å². The van der Waals surface area contributed by atoms with Crippen molar-refractivity contribution in [2.24, 2.45) is 0 Å². The molecule has 0 radical (unpaired) electrons. The van der Waals surface area contributed by atoms with Gasteiger partial charge in [0.1, 0.15) is 0 Å². The van der Waals surface area contributed by atoms with Crippen molar-refractivity contribution in [3.63, 3.8) is 0 Å². The first-order chi connectivity index (χ1) is 13.3. The highest BCUT2D eigenvalue weighted by Gasteiger charge is 2.13. The predicted molar refractivity (Wildman–Crippen MR) is 115 cm³/mol. The Kier molecular flexibility index (Phi) is 10.1. The monoisotopic (exact) mass is 368 g/mol. The molecule has 1 fully saturated rings. The molecule has 3 rings (SSSR count). The Morgan fingerprint density at radius 2 is 1.48 bits per heavy atom. The minimum Gasteiger partial charge on any atom is -0.379 e. The molecule has 0 amide bonds. The van der Waals surface area contributed by atoms with Crippen LogP contribution in [0.3, 0.4) is 0 Å². The van der Waals surface area contributed by atoms with Gasteiger partial charge in [0.25, 0.3) is 0 Å². The van der Waals surface area contributed by atoms with Gasteiger partial charge in [0, 0.05) is 39.3 Å². The molecular formula is C24H36N2O. The largest absolute Gasteiger partial charge is 0.379 e. The summed E-state index contributed by atoms with van der Waals surface area (Å²) >= 11 is 0. The normalized spacial score (nSPS) is 14.7. The second-order valence-corrected chi connectivity index (χ2v) is 6.82. The highest BCUT2D eigenvalue weighted by atomic mass is 16.5. The Morgan fingerprint density at radius 1 is 0.852 bits per heavy atom. The van der Waals surface area contributed by atoms with Gasteiger partial charge in [0.05, 0.1) is 13.2 Å². The van der Waals surface area contributed by atoms with Crippen LogP contribution in [0.25, 0.3) is 0 Å². The van der Waals surface area contributed by atoms with Crippen LogP contribution in [0.5, 0.6) is 0 Å². The van der Waals surface area contributed by atoms with Gasteiger partial charge in [-0.2, -0.15) is 0 Å². The number of hydrogen-bond donors (Lipinski definition) is 0. The average molecular weight is 369 g/mol. The molecule has 0 atom stereocenters. The molecule has 3 heteroatoms. The second-order valence-electron chi connectivity index (χ2n) is 6.82. The van der Waals surface area contributed by atoms with E-state index in [2.05, 4.69) is 71.3 Å². The van der Waals surface area contributed by atoms with Crippen LogP contribution >= 0.6 is 0 Å². The van der Waals surface area contributed by atoms with Gasteiger partial charge in [-0.15, -0.1) is 0 Å². The van der Waals surface area contributed by atoms with Crippen molar-refractivity contribution in [3.8, 4) is 0 Å². The molecule has 0 aromatic heterocycles. The molecule has 2 aromatic carbocycles. The van der Waals surface area contributed by atoms with E-state index in [0.29, 0.717) is 0 Å². The summed E-state index contributed by atoms with van der Waals surface area (Å²) in [5.41, 5.74) is 4.22. The number of rotatable bonds is 8. The van der Waals surface area contributed by atoms with Gasteiger partial charge in [-0.25, -0.2) is 0 Å². The molecule has 3 nitrogen and oxygen atoms in total. The number of aryl methyl sites for hydroxylation is 1. The first-order valence-corrected chi connectivity index (χ1v) is 10.5. The summed E-state index contributed by atoms with van der Waals surface area (Å²) in [5, 5.41) is 0. The predicted octanol–water partition coefficient (Wildman–Crippen LogP) is 4.61. The van der Waals surface area contributed by atoms with E-state index in [9.17, 15) is 0 Å². The van der Waals surface area contributed by atoms with Gasteiger partial charge in [-0.3, -0.25) is 9.80 Å². The van der Waals surface area contributed by atoms with Crippen LogP contribution in [0.1, 0.15) is 37.5 Å². The Hall–Kier alpha value is -1.68. The summed E-state index contributed by atoms with van der Waals surface area (Å²) in [5.74, 6) is 0. The van der Waals surface area contributed by atoms with Crippen LogP contribution < -0.4 is 0 Å². The van der Waals surface area contributed by atoms with Crippen molar-refractivity contribution in [3.05, 3.63) is 71.3 Å². The molecule has 1 aliphatic heterocycles. The maximum absolute atomic E-state index is 5.47. The molecule has 148 valence electrons. The Labute approximate surface area is 166 Å². The summed E-state index contributed by atoms with van der Waals surface area (Å²) in [4.78, 5) is 5.09. The maximum atomic E-state index is 5.47. The first kappa shape index (κ1) is 21.6. The van der Waals surface area contributed by atoms with E-state index in [1.54, 1.807) is 0 Å². The van der Waals surface area contributed by atoms with Gasteiger partial charge in [-0.05, 0) is 23.1 Å². The van der Waals surface area contributed by atoms with Crippen LogP contribution in [-0.4, -0.2) is 49.2 Å². The molecule has 1 heterocycles. The average Bonchev–Trinajstić information content (AvgIpc) is 2.75. The third-order valence-corrected chi connectivity index (χ3v) is 4.89. The zero-order valence-electron chi connectivity index (χ0n) is 17.4. The van der Waals surface area contributed by atoms with Crippen LogP contribution in [-0.2, 0) is 24.2 Å². The van der Waals surface area contributed by atoms with Crippen molar-refractivity contribution in [2.45, 2.75) is 40.3 Å². The highest BCUT2D eigenvalue weighted by Crippen LogP contribution is 2.13. The van der Waals surface area contributed by atoms with Crippen molar-refractivity contribution in [1.29, 1.82) is 0 Å². The summed E-state index contributed by atoms with van der Waals surface area (Å²) in [6.07, 6.45) is 1.10. The van der Waals surface area contributed by atoms with Crippen LogP contribution in [0.2, 0.25) is 0 Å². The number of morpholine rings is 1. The standard InChI is InChI=1S/C22H30N2O.C2H6/c1-2-20-9-6-10-22(17-20)19-24(18-21-7-4-3-5-8-21)12-11-23-13-15-25-16-14-23;1-2/h3-10,17H,2,11-16,18-19H2,1H3;1-2H3. The zero-order valence-corrected chi connectivity index (χ0v) is 17.4. The fraction of sp³-hybridized carbons (Fsp3) is 0.500. The van der Waals surface area contributed by atoms with E-state index in [4.69, 9.17) is 4.74 Å². The number of benzene rings is 2. The Morgan fingerprint density at radius 3 is 2.19 bits per heavy atom. The first-order valence-electron chi connectivity index (χ1n) is 10.5.